The summed E-state index contributed by atoms with van der Waals surface area (Å²) in [7, 11) is 0. The van der Waals surface area contributed by atoms with E-state index in [4.69, 9.17) is 11.6 Å². The van der Waals surface area contributed by atoms with Crippen molar-refractivity contribution in [1.82, 2.24) is 4.72 Å². The molecule has 0 amide bonds. The van der Waals surface area contributed by atoms with Crippen LogP contribution in [0.4, 0.5) is 0 Å². The zero-order valence-corrected chi connectivity index (χ0v) is 17.3. The molecule has 0 saturated carbocycles. The smallest absolute Gasteiger partial charge is 0.136 e. The Morgan fingerprint density at radius 3 is 2.52 bits per heavy atom. The van der Waals surface area contributed by atoms with Crippen molar-refractivity contribution in [3.63, 3.8) is 0 Å². The molecular weight excluding hydrogens is 374 g/mol. The number of hydrogen-bond donors (Lipinski definition) is 2. The lowest BCUT2D eigenvalue weighted by atomic mass is 10.1. The van der Waals surface area contributed by atoms with Gasteiger partial charge in [-0.3, -0.25) is 0 Å². The van der Waals surface area contributed by atoms with E-state index in [2.05, 4.69) is 4.72 Å². The van der Waals surface area contributed by atoms with Crippen LogP contribution >= 0.6 is 23.4 Å². The molecule has 0 spiro atoms. The molecular formula is C19H24ClNO2S2. The first-order chi connectivity index (χ1) is 11.7. The monoisotopic (exact) mass is 397 g/mol. The van der Waals surface area contributed by atoms with Crippen LogP contribution < -0.4 is 4.72 Å². The summed E-state index contributed by atoms with van der Waals surface area (Å²) in [5, 5.41) is 10.2. The summed E-state index contributed by atoms with van der Waals surface area (Å²) in [4.78, 5) is 2.08. The number of hydrogen-bond acceptors (Lipinski definition) is 4. The Labute approximate surface area is 162 Å². The number of rotatable bonds is 6. The van der Waals surface area contributed by atoms with Crippen molar-refractivity contribution < 1.29 is 9.66 Å². The molecule has 0 aliphatic rings. The lowest BCUT2D eigenvalue weighted by molar-refractivity contribution is 0.279. The maximum absolute atomic E-state index is 12.3. The Kier molecular flexibility index (Phi) is 7.26. The molecule has 6 heteroatoms. The van der Waals surface area contributed by atoms with Crippen LogP contribution in [-0.4, -0.2) is 14.4 Å². The fourth-order valence-electron chi connectivity index (χ4n) is 2.28. The first-order valence-corrected chi connectivity index (χ1v) is 10.4. The van der Waals surface area contributed by atoms with Crippen LogP contribution in [-0.2, 0) is 24.5 Å². The van der Waals surface area contributed by atoms with Gasteiger partial charge in [-0.1, -0.05) is 41.6 Å². The van der Waals surface area contributed by atoms with Crippen LogP contribution in [0.3, 0.4) is 0 Å². The molecule has 136 valence electrons. The lowest BCUT2D eigenvalue weighted by Gasteiger charge is -2.24. The van der Waals surface area contributed by atoms with Gasteiger partial charge >= 0.3 is 0 Å². The fraction of sp³-hybridized carbons (Fsp3) is 0.368. The normalized spacial score (nSPS) is 13.1. The van der Waals surface area contributed by atoms with Crippen molar-refractivity contribution in [2.45, 2.75) is 55.4 Å². The third-order valence-electron chi connectivity index (χ3n) is 3.62. The standard InChI is InChI=1S/C19H24ClNO2S2/c1-13-9-16(20)10-15(11-21-25(23)19(2,3)4)18(13)24-17-8-6-5-7-14(17)12-22/h5-10,21-22H,11-12H2,1-4H3. The molecule has 1 atom stereocenters. The van der Waals surface area contributed by atoms with E-state index in [1.807, 2.05) is 64.1 Å². The summed E-state index contributed by atoms with van der Waals surface area (Å²) in [6, 6.07) is 11.6. The Balaban J connectivity index is 2.31. The molecule has 0 fully saturated rings. The SMILES string of the molecule is Cc1cc(Cl)cc(CN[S+]([O-])C(C)(C)C)c1Sc1ccccc1CO. The van der Waals surface area contributed by atoms with Gasteiger partial charge in [0, 0.05) is 26.2 Å². The number of halogens is 1. The molecule has 0 aliphatic carbocycles. The van der Waals surface area contributed by atoms with E-state index in [1.165, 1.54) is 0 Å². The predicted molar refractivity (Wildman–Crippen MR) is 107 cm³/mol. The maximum Gasteiger partial charge on any atom is 0.136 e. The topological polar surface area (TPSA) is 55.3 Å². The largest absolute Gasteiger partial charge is 0.598 e. The molecule has 2 aromatic rings. The first-order valence-electron chi connectivity index (χ1n) is 8.03. The average Bonchev–Trinajstić information content (AvgIpc) is 2.54. The van der Waals surface area contributed by atoms with Gasteiger partial charge in [-0.15, -0.1) is 4.72 Å². The second-order valence-electron chi connectivity index (χ2n) is 6.78. The van der Waals surface area contributed by atoms with E-state index in [9.17, 15) is 9.66 Å². The van der Waals surface area contributed by atoms with Crippen molar-refractivity contribution in [2.75, 3.05) is 0 Å². The highest BCUT2D eigenvalue weighted by atomic mass is 35.5. The van der Waals surface area contributed by atoms with Crippen LogP contribution in [0.5, 0.6) is 0 Å². The molecule has 0 radical (unpaired) electrons. The molecule has 2 aromatic carbocycles. The third-order valence-corrected chi connectivity index (χ3v) is 6.76. The molecule has 0 aromatic heterocycles. The van der Waals surface area contributed by atoms with Crippen LogP contribution in [0.15, 0.2) is 46.2 Å². The Bertz CT molecular complexity index is 732. The maximum atomic E-state index is 12.3. The summed E-state index contributed by atoms with van der Waals surface area (Å²) >= 11 is 6.68. The second kappa shape index (κ2) is 8.80. The molecule has 2 rings (SSSR count). The van der Waals surface area contributed by atoms with Crippen molar-refractivity contribution in [2.24, 2.45) is 0 Å². The van der Waals surface area contributed by atoms with E-state index >= 15 is 0 Å². The summed E-state index contributed by atoms with van der Waals surface area (Å²) in [5.74, 6) is 0. The van der Waals surface area contributed by atoms with Gasteiger partial charge in [0.25, 0.3) is 0 Å². The minimum absolute atomic E-state index is 0.00254. The first kappa shape index (κ1) is 20.6. The minimum atomic E-state index is -1.15. The zero-order chi connectivity index (χ0) is 18.6. The van der Waals surface area contributed by atoms with Crippen molar-refractivity contribution in [3.8, 4) is 0 Å². The fourth-order valence-corrected chi connectivity index (χ4v) is 4.41. The van der Waals surface area contributed by atoms with Crippen molar-refractivity contribution in [1.29, 1.82) is 0 Å². The van der Waals surface area contributed by atoms with Gasteiger partial charge in [0.15, 0.2) is 0 Å². The number of nitrogens with one attached hydrogen (secondary N) is 1. The molecule has 0 bridgehead atoms. The highest BCUT2D eigenvalue weighted by Crippen LogP contribution is 2.37. The molecule has 0 aliphatic heterocycles. The number of aryl methyl sites for hydroxylation is 1. The van der Waals surface area contributed by atoms with Gasteiger partial charge in [0.2, 0.25) is 0 Å². The molecule has 25 heavy (non-hydrogen) atoms. The predicted octanol–water partition coefficient (Wildman–Crippen LogP) is 4.84. The van der Waals surface area contributed by atoms with Gasteiger partial charge in [-0.05, 0) is 62.6 Å². The lowest BCUT2D eigenvalue weighted by Crippen LogP contribution is -2.39. The quantitative estimate of drug-likeness (QED) is 0.684. The van der Waals surface area contributed by atoms with E-state index in [1.54, 1.807) is 11.8 Å². The van der Waals surface area contributed by atoms with E-state index in [0.717, 1.165) is 26.5 Å². The van der Waals surface area contributed by atoms with Gasteiger partial charge in [-0.25, -0.2) is 0 Å². The van der Waals surface area contributed by atoms with Crippen molar-refractivity contribution >= 4 is 34.7 Å². The van der Waals surface area contributed by atoms with Gasteiger partial charge in [0.1, 0.15) is 4.75 Å². The van der Waals surface area contributed by atoms with E-state index < -0.39 is 11.4 Å². The van der Waals surface area contributed by atoms with Gasteiger partial charge in [0.05, 0.1) is 13.2 Å². The molecule has 2 N–H and O–H groups in total. The number of aliphatic hydroxyl groups excluding tert-OH is 1. The zero-order valence-electron chi connectivity index (χ0n) is 14.9. The third kappa shape index (κ3) is 5.64. The minimum Gasteiger partial charge on any atom is -0.598 e. The van der Waals surface area contributed by atoms with Gasteiger partial charge < -0.3 is 9.66 Å². The van der Waals surface area contributed by atoms with Crippen LogP contribution in [0.2, 0.25) is 5.02 Å². The van der Waals surface area contributed by atoms with E-state index in [0.29, 0.717) is 11.6 Å². The Morgan fingerprint density at radius 1 is 1.20 bits per heavy atom. The highest BCUT2D eigenvalue weighted by molar-refractivity contribution is 7.99. The molecule has 0 heterocycles. The Hall–Kier alpha value is -0.690. The summed E-state index contributed by atoms with van der Waals surface area (Å²) < 4.78 is 15.1. The van der Waals surface area contributed by atoms with Crippen LogP contribution in [0, 0.1) is 6.92 Å². The molecule has 1 unspecified atom stereocenters. The summed E-state index contributed by atoms with van der Waals surface area (Å²) in [6.45, 7) is 8.29. The van der Waals surface area contributed by atoms with Crippen LogP contribution in [0.25, 0.3) is 0 Å². The Morgan fingerprint density at radius 2 is 1.88 bits per heavy atom. The number of aliphatic hydroxyl groups is 1. The van der Waals surface area contributed by atoms with Crippen molar-refractivity contribution in [3.05, 3.63) is 58.1 Å². The van der Waals surface area contributed by atoms with Crippen LogP contribution in [0.1, 0.15) is 37.5 Å². The number of benzene rings is 2. The second-order valence-corrected chi connectivity index (χ2v) is 10.3. The molecule has 3 nitrogen and oxygen atoms in total. The van der Waals surface area contributed by atoms with Gasteiger partial charge in [-0.2, -0.15) is 0 Å². The van der Waals surface area contributed by atoms with E-state index in [-0.39, 0.29) is 11.4 Å². The molecule has 0 saturated heterocycles. The average molecular weight is 398 g/mol. The summed E-state index contributed by atoms with van der Waals surface area (Å²) in [6.07, 6.45) is 0. The highest BCUT2D eigenvalue weighted by Gasteiger charge is 2.26. The summed E-state index contributed by atoms with van der Waals surface area (Å²) in [5.41, 5.74) is 2.95.